The van der Waals surface area contributed by atoms with Crippen LogP contribution in [0.15, 0.2) is 146 Å². The summed E-state index contributed by atoms with van der Waals surface area (Å²) in [5, 5.41) is 9.69. The topological polar surface area (TPSA) is 72.8 Å². The van der Waals surface area contributed by atoms with Crippen LogP contribution in [0.3, 0.4) is 0 Å². The highest BCUT2D eigenvalue weighted by molar-refractivity contribution is 5.70. The number of ether oxygens (including phenoxy) is 2. The molecule has 0 bridgehead atoms. The molecule has 0 aromatic heterocycles. The molecule has 0 aliphatic carbocycles. The normalized spacial score (nSPS) is 13.2. The maximum Gasteiger partial charge on any atom is 0.306 e. The molecule has 0 saturated carbocycles. The number of unbranched alkanes of at least 4 members (excludes halogenated alkanes) is 30. The van der Waals surface area contributed by atoms with Gasteiger partial charge < -0.3 is 14.6 Å². The lowest BCUT2D eigenvalue weighted by Gasteiger charge is -2.15. The smallest absolute Gasteiger partial charge is 0.306 e. The van der Waals surface area contributed by atoms with E-state index < -0.39 is 6.10 Å². The fourth-order valence-electron chi connectivity index (χ4n) is 9.54. The predicted molar refractivity (Wildman–Crippen MR) is 361 cm³/mol. The lowest BCUT2D eigenvalue weighted by molar-refractivity contribution is -0.161. The summed E-state index contributed by atoms with van der Waals surface area (Å²) >= 11 is 0. The van der Waals surface area contributed by atoms with Gasteiger partial charge in [-0.15, -0.1) is 0 Å². The Morgan fingerprint density at radius 1 is 0.293 bits per heavy atom. The van der Waals surface area contributed by atoms with Gasteiger partial charge in [-0.3, -0.25) is 9.59 Å². The molecule has 0 aliphatic heterocycles. The molecule has 466 valence electrons. The Labute approximate surface area is 508 Å². The van der Waals surface area contributed by atoms with Gasteiger partial charge in [0.15, 0.2) is 6.10 Å². The highest BCUT2D eigenvalue weighted by Gasteiger charge is 2.16. The van der Waals surface area contributed by atoms with E-state index in [0.29, 0.717) is 12.8 Å². The molecule has 1 N–H and O–H groups in total. The van der Waals surface area contributed by atoms with Gasteiger partial charge in [-0.1, -0.05) is 339 Å². The van der Waals surface area contributed by atoms with Crippen LogP contribution in [-0.2, 0) is 19.1 Å². The first-order valence-electron chi connectivity index (χ1n) is 34.4. The van der Waals surface area contributed by atoms with E-state index >= 15 is 0 Å². The summed E-state index contributed by atoms with van der Waals surface area (Å²) in [6.07, 6.45) is 107. The Bertz CT molecular complexity index is 1710. The van der Waals surface area contributed by atoms with Crippen LogP contribution in [0, 0.1) is 0 Å². The van der Waals surface area contributed by atoms with E-state index in [2.05, 4.69) is 160 Å². The van der Waals surface area contributed by atoms with Gasteiger partial charge in [-0.25, -0.2) is 0 Å². The van der Waals surface area contributed by atoms with Gasteiger partial charge in [-0.2, -0.15) is 0 Å². The van der Waals surface area contributed by atoms with Crippen molar-refractivity contribution < 1.29 is 24.2 Å². The van der Waals surface area contributed by atoms with Crippen molar-refractivity contribution in [2.75, 3.05) is 13.2 Å². The average molecular weight is 1130 g/mol. The van der Waals surface area contributed by atoms with Gasteiger partial charge in [0, 0.05) is 12.8 Å². The molecule has 5 heteroatoms. The molecular formula is C77H128O5. The van der Waals surface area contributed by atoms with Crippen LogP contribution in [0.1, 0.15) is 309 Å². The molecule has 0 aliphatic rings. The summed E-state index contributed by atoms with van der Waals surface area (Å²) in [5.41, 5.74) is 0. The molecule has 0 aromatic rings. The summed E-state index contributed by atoms with van der Waals surface area (Å²) < 4.78 is 10.7. The SMILES string of the molecule is CC/C=C\C/C=C\C/C=C\C/C=C\C/C=C\C/C=C\C/C=C\C/C=C\C/C=C\C/C=C\C/C=C\C/C=C\CCCCCCC(=O)OC(CO)COC(=O)CCCCCCCCCCCCCCCCCCCCCCCCCCCCC. The Hall–Kier alpha value is -4.22. The minimum atomic E-state index is -0.795. The fraction of sp³-hybridized carbons (Fsp3) is 0.662. The zero-order valence-electron chi connectivity index (χ0n) is 53.5. The van der Waals surface area contributed by atoms with Crippen molar-refractivity contribution >= 4 is 11.9 Å². The molecule has 1 unspecified atom stereocenters. The number of carbonyl (C=O) groups is 2. The van der Waals surface area contributed by atoms with Crippen LogP contribution in [0.5, 0.6) is 0 Å². The Balaban J connectivity index is 3.60. The van der Waals surface area contributed by atoms with E-state index in [4.69, 9.17) is 9.47 Å². The number of carbonyl (C=O) groups excluding carboxylic acids is 2. The van der Waals surface area contributed by atoms with Gasteiger partial charge in [0.2, 0.25) is 0 Å². The molecule has 0 fully saturated rings. The van der Waals surface area contributed by atoms with Crippen molar-refractivity contribution in [2.45, 2.75) is 315 Å². The third-order valence-electron chi connectivity index (χ3n) is 14.6. The lowest BCUT2D eigenvalue weighted by atomic mass is 10.0. The summed E-state index contributed by atoms with van der Waals surface area (Å²) in [4.78, 5) is 24.6. The quantitative estimate of drug-likeness (QED) is 0.0373. The third kappa shape index (κ3) is 68.3. The largest absolute Gasteiger partial charge is 0.462 e. The van der Waals surface area contributed by atoms with Gasteiger partial charge in [0.25, 0.3) is 0 Å². The minimum absolute atomic E-state index is 0.0811. The van der Waals surface area contributed by atoms with Gasteiger partial charge >= 0.3 is 11.9 Å². The van der Waals surface area contributed by atoms with Crippen LogP contribution in [0.4, 0.5) is 0 Å². The van der Waals surface area contributed by atoms with Crippen LogP contribution in [-0.4, -0.2) is 36.4 Å². The molecule has 0 rings (SSSR count). The first kappa shape index (κ1) is 77.8. The standard InChI is InChI=1S/C77H128O5/c1-3-5-7-9-11-13-15-17-19-21-23-25-27-29-31-32-33-34-35-36-37-38-39-40-41-42-43-44-46-48-50-52-54-56-58-60-62-64-66-68-70-72-77(80)82-75(73-78)74-81-76(79)71-69-67-65-63-61-59-57-55-53-51-49-47-45-30-28-26-24-22-20-18-16-14-12-10-8-6-4-2/h5,7,11,13,17,19,23,25,29,31,33-34,36-37,39-40,42-43,46,48,52,54,58,60,75,78H,3-4,6,8-10,12,14-16,18,20-22,24,26-28,30,32,35,38,41,44-45,47,49-51,53,55-57,59,61-74H2,1-2H3/b7-5-,13-11-,19-17-,25-23-,31-29-,34-33-,37-36-,40-39-,43-42-,48-46-,54-52-,60-58-. The number of hydrogen-bond acceptors (Lipinski definition) is 5. The van der Waals surface area contributed by atoms with Crippen LogP contribution in [0.25, 0.3) is 0 Å². The molecule has 0 aromatic carbocycles. The van der Waals surface area contributed by atoms with E-state index in [9.17, 15) is 14.7 Å². The Morgan fingerprint density at radius 3 is 0.793 bits per heavy atom. The van der Waals surface area contributed by atoms with E-state index in [1.807, 2.05) is 0 Å². The number of allylic oxidation sites excluding steroid dienone is 24. The second-order valence-electron chi connectivity index (χ2n) is 22.5. The van der Waals surface area contributed by atoms with Crippen molar-refractivity contribution in [2.24, 2.45) is 0 Å². The molecule has 5 nitrogen and oxygen atoms in total. The zero-order chi connectivity index (χ0) is 59.1. The number of hydrogen-bond donors (Lipinski definition) is 1. The zero-order valence-corrected chi connectivity index (χ0v) is 53.5. The van der Waals surface area contributed by atoms with E-state index in [1.165, 1.54) is 154 Å². The number of aliphatic hydroxyl groups is 1. The maximum absolute atomic E-state index is 12.3. The molecule has 0 saturated heterocycles. The van der Waals surface area contributed by atoms with Crippen molar-refractivity contribution in [3.63, 3.8) is 0 Å². The van der Waals surface area contributed by atoms with Crippen molar-refractivity contribution in [1.82, 2.24) is 0 Å². The van der Waals surface area contributed by atoms with Gasteiger partial charge in [0.05, 0.1) is 6.61 Å². The van der Waals surface area contributed by atoms with Crippen LogP contribution < -0.4 is 0 Å². The monoisotopic (exact) mass is 1130 g/mol. The summed E-state index contributed by atoms with van der Waals surface area (Å²) in [6, 6.07) is 0. The van der Waals surface area contributed by atoms with E-state index in [-0.39, 0.29) is 25.2 Å². The maximum atomic E-state index is 12.3. The number of esters is 2. The number of rotatable bonds is 62. The predicted octanol–water partition coefficient (Wildman–Crippen LogP) is 24.1. The fourth-order valence-corrected chi connectivity index (χ4v) is 9.54. The molecule has 0 amide bonds. The molecule has 0 radical (unpaired) electrons. The van der Waals surface area contributed by atoms with Crippen molar-refractivity contribution in [3.8, 4) is 0 Å². The Kier molecular flexibility index (Phi) is 67.4. The molecule has 0 spiro atoms. The van der Waals surface area contributed by atoms with Crippen LogP contribution in [0.2, 0.25) is 0 Å². The van der Waals surface area contributed by atoms with E-state index in [1.54, 1.807) is 0 Å². The molecule has 0 heterocycles. The van der Waals surface area contributed by atoms with Gasteiger partial charge in [0.1, 0.15) is 6.61 Å². The number of aliphatic hydroxyl groups excluding tert-OH is 1. The highest BCUT2D eigenvalue weighted by Crippen LogP contribution is 2.17. The molecular weight excluding hydrogens is 1000 g/mol. The summed E-state index contributed by atoms with van der Waals surface area (Å²) in [7, 11) is 0. The Morgan fingerprint density at radius 2 is 0.524 bits per heavy atom. The molecule has 1 atom stereocenters. The van der Waals surface area contributed by atoms with Crippen molar-refractivity contribution in [1.29, 1.82) is 0 Å². The van der Waals surface area contributed by atoms with E-state index in [0.717, 1.165) is 128 Å². The average Bonchev–Trinajstić information content (AvgIpc) is 3.49. The van der Waals surface area contributed by atoms with Crippen LogP contribution >= 0.6 is 0 Å². The molecule has 82 heavy (non-hydrogen) atoms. The van der Waals surface area contributed by atoms with Gasteiger partial charge in [-0.05, 0) is 103 Å². The second kappa shape index (κ2) is 71.0. The highest BCUT2D eigenvalue weighted by atomic mass is 16.6. The summed E-state index contributed by atoms with van der Waals surface area (Å²) in [6.45, 7) is 4.03. The minimum Gasteiger partial charge on any atom is -0.462 e. The first-order valence-corrected chi connectivity index (χ1v) is 34.4. The lowest BCUT2D eigenvalue weighted by Crippen LogP contribution is -2.28. The van der Waals surface area contributed by atoms with Crippen molar-refractivity contribution in [3.05, 3.63) is 146 Å². The first-order chi connectivity index (χ1) is 40.6. The summed E-state index contributed by atoms with van der Waals surface area (Å²) in [5.74, 6) is -0.617. The second-order valence-corrected chi connectivity index (χ2v) is 22.5. The third-order valence-corrected chi connectivity index (χ3v) is 14.6.